The molecule has 71 heavy (non-hydrogen) atoms. The van der Waals surface area contributed by atoms with Gasteiger partial charge in [0.05, 0.1) is 31.0 Å². The number of esters is 2. The maximum absolute atomic E-state index is 12.5. The lowest BCUT2D eigenvalue weighted by Crippen LogP contribution is -2.40. The van der Waals surface area contributed by atoms with Gasteiger partial charge < -0.3 is 19.7 Å². The topological polar surface area (TPSA) is 93.1 Å². The molecule has 1 aliphatic heterocycles. The van der Waals surface area contributed by atoms with Crippen molar-refractivity contribution in [3.05, 3.63) is 12.2 Å². The summed E-state index contributed by atoms with van der Waals surface area (Å²) >= 11 is 0. The van der Waals surface area contributed by atoms with E-state index in [2.05, 4.69) is 19.1 Å². The second kappa shape index (κ2) is 54.8. The van der Waals surface area contributed by atoms with E-state index in [0.717, 1.165) is 19.3 Å². The highest BCUT2D eigenvalue weighted by Crippen LogP contribution is 2.25. The summed E-state index contributed by atoms with van der Waals surface area (Å²) in [5.41, 5.74) is -1.12. The number of hydrogen-bond donors (Lipinski definition) is 2. The van der Waals surface area contributed by atoms with Crippen LogP contribution in [0.4, 0.5) is 0 Å². The summed E-state index contributed by atoms with van der Waals surface area (Å²) in [6.45, 7) is 1.18. The molecule has 0 saturated carbocycles. The monoisotopic (exact) mass is 1000 g/mol. The van der Waals surface area contributed by atoms with E-state index in [1.165, 1.54) is 315 Å². The Morgan fingerprint density at radius 3 is 0.873 bits per heavy atom. The number of carbonyl (C=O) groups is 2. The molecule has 0 spiro atoms. The predicted molar refractivity (Wildman–Crippen MR) is 306 cm³/mol. The summed E-state index contributed by atoms with van der Waals surface area (Å²) in [5, 5.41) is 19.2. The first-order valence-electron chi connectivity index (χ1n) is 32.3. The quantitative estimate of drug-likeness (QED) is 0.0358. The minimum Gasteiger partial charge on any atom is -0.465 e. The van der Waals surface area contributed by atoms with Gasteiger partial charge >= 0.3 is 11.9 Å². The predicted octanol–water partition coefficient (Wildman–Crippen LogP) is 20.3. The first kappa shape index (κ1) is 67.6. The highest BCUT2D eigenvalue weighted by atomic mass is 16.6. The van der Waals surface area contributed by atoms with Gasteiger partial charge in [-0.15, -0.1) is 0 Å². The van der Waals surface area contributed by atoms with E-state index in [-0.39, 0.29) is 19.6 Å². The molecule has 1 atom stereocenters. The number of cyclic esters (lactones) is 2. The van der Waals surface area contributed by atoms with Crippen LogP contribution in [0.3, 0.4) is 0 Å². The molecule has 0 radical (unpaired) electrons. The van der Waals surface area contributed by atoms with Crippen LogP contribution in [0.1, 0.15) is 354 Å². The molecule has 0 amide bonds. The zero-order valence-electron chi connectivity index (χ0n) is 47.8. The van der Waals surface area contributed by atoms with E-state index in [4.69, 9.17) is 9.47 Å². The molecular weight excluding hydrogens is 877 g/mol. The van der Waals surface area contributed by atoms with Crippen molar-refractivity contribution in [2.45, 2.75) is 354 Å². The van der Waals surface area contributed by atoms with Crippen LogP contribution in [-0.2, 0) is 19.1 Å². The largest absolute Gasteiger partial charge is 0.465 e. The van der Waals surface area contributed by atoms with Crippen molar-refractivity contribution in [2.24, 2.45) is 11.3 Å². The molecular formula is C65H124O6. The van der Waals surface area contributed by atoms with E-state index in [9.17, 15) is 19.8 Å². The third-order valence-corrected chi connectivity index (χ3v) is 16.0. The summed E-state index contributed by atoms with van der Waals surface area (Å²) in [6, 6.07) is 0. The molecule has 0 aromatic carbocycles. The molecule has 0 bridgehead atoms. The molecule has 6 heteroatoms. The number of rotatable bonds is 56. The number of carbonyl (C=O) groups excluding carboxylic acids is 2. The van der Waals surface area contributed by atoms with E-state index in [1.54, 1.807) is 0 Å². The Morgan fingerprint density at radius 2 is 0.606 bits per heavy atom. The average Bonchev–Trinajstić information content (AvgIpc) is 3.44. The second-order valence-electron chi connectivity index (χ2n) is 23.1. The number of aliphatic hydroxyl groups is 2. The van der Waals surface area contributed by atoms with Gasteiger partial charge in [-0.05, 0) is 25.7 Å². The zero-order chi connectivity index (χ0) is 51.1. The normalized spacial score (nSPS) is 15.3. The molecule has 0 aromatic heterocycles. The fourth-order valence-electron chi connectivity index (χ4n) is 10.8. The third-order valence-electron chi connectivity index (χ3n) is 16.0. The van der Waals surface area contributed by atoms with Crippen LogP contribution in [0.25, 0.3) is 0 Å². The SMILES string of the molecule is CCCC/C=C/CCCCCCCCCCCCCCCCCCCCCCCCCCCCCCCCCCCCCCCCCCCCCCCCCCC1CC(=O)OCC(CO)(CO)COC1=O. The smallest absolute Gasteiger partial charge is 0.309 e. The minimum atomic E-state index is -1.12. The molecule has 6 nitrogen and oxygen atoms in total. The van der Waals surface area contributed by atoms with Crippen LogP contribution >= 0.6 is 0 Å². The molecule has 1 aliphatic rings. The van der Waals surface area contributed by atoms with Crippen molar-refractivity contribution < 1.29 is 29.3 Å². The van der Waals surface area contributed by atoms with Crippen molar-refractivity contribution in [1.29, 1.82) is 0 Å². The van der Waals surface area contributed by atoms with Crippen molar-refractivity contribution in [3.63, 3.8) is 0 Å². The van der Waals surface area contributed by atoms with Crippen LogP contribution < -0.4 is 0 Å². The fraction of sp³-hybridized carbons (Fsp3) is 0.938. The number of unbranched alkanes of at least 4 members (excludes halogenated alkanes) is 50. The van der Waals surface area contributed by atoms with Crippen molar-refractivity contribution in [3.8, 4) is 0 Å². The van der Waals surface area contributed by atoms with E-state index in [1.807, 2.05) is 0 Å². The lowest BCUT2D eigenvalue weighted by Gasteiger charge is -2.27. The highest BCUT2D eigenvalue weighted by Gasteiger charge is 2.36. The molecule has 1 rings (SSSR count). The molecule has 0 aliphatic carbocycles. The first-order valence-corrected chi connectivity index (χ1v) is 32.3. The Hall–Kier alpha value is -1.40. The van der Waals surface area contributed by atoms with Gasteiger partial charge in [-0.3, -0.25) is 9.59 Å². The first-order chi connectivity index (χ1) is 35.1. The number of allylic oxidation sites excluding steroid dienone is 2. The van der Waals surface area contributed by atoms with E-state index in [0.29, 0.717) is 6.42 Å². The molecule has 2 N–H and O–H groups in total. The number of ether oxygens (including phenoxy) is 2. The molecule has 1 heterocycles. The average molecular weight is 1000 g/mol. The molecule has 420 valence electrons. The van der Waals surface area contributed by atoms with Crippen molar-refractivity contribution in [2.75, 3.05) is 26.4 Å². The lowest BCUT2D eigenvalue weighted by atomic mass is 9.92. The van der Waals surface area contributed by atoms with Crippen LogP contribution in [0.15, 0.2) is 12.2 Å². The van der Waals surface area contributed by atoms with Crippen LogP contribution in [0, 0.1) is 11.3 Å². The van der Waals surface area contributed by atoms with Crippen LogP contribution in [0.5, 0.6) is 0 Å². The Bertz CT molecular complexity index is 1120. The molecule has 1 unspecified atom stereocenters. The standard InChI is InChI=1S/C65H124O6/c1-2-3-4-5-6-7-8-9-10-11-12-13-14-15-16-17-18-19-20-21-22-23-24-25-26-27-28-29-30-31-32-33-34-35-36-37-38-39-40-41-42-43-44-45-46-47-48-49-50-51-52-53-54-55-56-62-57-63(68)70-60-65(58-66,59-67)61-71-64(62)69/h5-6,62,66-67H,2-4,7-61H2,1H3/b6-5+. The van der Waals surface area contributed by atoms with Crippen LogP contribution in [-0.4, -0.2) is 48.6 Å². The van der Waals surface area contributed by atoms with E-state index < -0.39 is 36.5 Å². The fourth-order valence-corrected chi connectivity index (χ4v) is 10.8. The Kier molecular flexibility index (Phi) is 52.2. The van der Waals surface area contributed by atoms with Gasteiger partial charge in [0.1, 0.15) is 13.2 Å². The van der Waals surface area contributed by atoms with Gasteiger partial charge in [-0.25, -0.2) is 0 Å². The Balaban J connectivity index is 1.67. The molecule has 1 saturated heterocycles. The van der Waals surface area contributed by atoms with Gasteiger partial charge in [0.25, 0.3) is 0 Å². The van der Waals surface area contributed by atoms with Gasteiger partial charge in [0.15, 0.2) is 0 Å². The summed E-state index contributed by atoms with van der Waals surface area (Å²) in [4.78, 5) is 24.7. The van der Waals surface area contributed by atoms with Gasteiger partial charge in [-0.2, -0.15) is 0 Å². The van der Waals surface area contributed by atoms with Crippen LogP contribution in [0.2, 0.25) is 0 Å². The Labute approximate surface area is 443 Å². The highest BCUT2D eigenvalue weighted by molar-refractivity contribution is 5.80. The summed E-state index contributed by atoms with van der Waals surface area (Å²) in [6.07, 6.45) is 78.7. The third kappa shape index (κ3) is 46.8. The van der Waals surface area contributed by atoms with Gasteiger partial charge in [-0.1, -0.05) is 334 Å². The van der Waals surface area contributed by atoms with Crippen molar-refractivity contribution >= 4 is 11.9 Å². The van der Waals surface area contributed by atoms with Gasteiger partial charge in [0, 0.05) is 0 Å². The van der Waals surface area contributed by atoms with E-state index >= 15 is 0 Å². The Morgan fingerprint density at radius 1 is 0.366 bits per heavy atom. The minimum absolute atomic E-state index is 0.00523. The summed E-state index contributed by atoms with van der Waals surface area (Å²) < 4.78 is 10.6. The molecule has 0 aromatic rings. The summed E-state index contributed by atoms with van der Waals surface area (Å²) in [5.74, 6) is -1.40. The number of aliphatic hydroxyl groups excluding tert-OH is 2. The van der Waals surface area contributed by atoms with Crippen molar-refractivity contribution in [1.82, 2.24) is 0 Å². The summed E-state index contributed by atoms with van der Waals surface area (Å²) in [7, 11) is 0. The number of hydrogen-bond acceptors (Lipinski definition) is 6. The maximum atomic E-state index is 12.5. The zero-order valence-corrected chi connectivity index (χ0v) is 47.8. The van der Waals surface area contributed by atoms with Gasteiger partial charge in [0.2, 0.25) is 0 Å². The second-order valence-corrected chi connectivity index (χ2v) is 23.1. The molecule has 1 fully saturated rings. The maximum Gasteiger partial charge on any atom is 0.309 e. The lowest BCUT2D eigenvalue weighted by molar-refractivity contribution is -0.155.